The first-order valence-corrected chi connectivity index (χ1v) is 11.8. The van der Waals surface area contributed by atoms with Crippen LogP contribution < -0.4 is 16.5 Å². The molecule has 2 saturated heterocycles. The van der Waals surface area contributed by atoms with Crippen molar-refractivity contribution in [3.05, 3.63) is 34.3 Å². The van der Waals surface area contributed by atoms with E-state index in [2.05, 4.69) is 24.6 Å². The number of ether oxygens (including phenoxy) is 3. The third kappa shape index (κ3) is 4.41. The molecule has 3 heterocycles. The number of hydrogen-bond acceptors (Lipinski definition) is 8. The van der Waals surface area contributed by atoms with Gasteiger partial charge in [-0.25, -0.2) is 0 Å². The Bertz CT molecular complexity index is 918. The Kier molecular flexibility index (Phi) is 6.83. The van der Waals surface area contributed by atoms with Gasteiger partial charge in [-0.3, -0.25) is 15.1 Å². The number of nitrogens with one attached hydrogen (secondary N) is 2. The molecule has 0 spiro atoms. The van der Waals surface area contributed by atoms with E-state index in [1.165, 1.54) is 0 Å². The Morgan fingerprint density at radius 2 is 2.09 bits per heavy atom. The molecule has 3 aliphatic heterocycles. The van der Waals surface area contributed by atoms with Crippen LogP contribution >= 0.6 is 0 Å². The number of carbonyl (C=O) groups excluding carboxylic acids is 1. The van der Waals surface area contributed by atoms with Crippen molar-refractivity contribution < 1.29 is 23.8 Å². The lowest BCUT2D eigenvalue weighted by Crippen LogP contribution is -2.44. The molecule has 0 amide bonds. The molecule has 9 nitrogen and oxygen atoms in total. The normalized spacial score (nSPS) is 33.1. The van der Waals surface area contributed by atoms with Crippen LogP contribution in [0.1, 0.15) is 47.0 Å². The largest absolute Gasteiger partial charge is 0.496 e. The highest BCUT2D eigenvalue weighted by molar-refractivity contribution is 5.85. The van der Waals surface area contributed by atoms with Crippen molar-refractivity contribution in [2.24, 2.45) is 22.6 Å². The van der Waals surface area contributed by atoms with Crippen molar-refractivity contribution in [1.29, 1.82) is 0 Å². The molecule has 0 radical (unpaired) electrons. The van der Waals surface area contributed by atoms with Gasteiger partial charge >= 0.3 is 5.97 Å². The average molecular weight is 461 g/mol. The molecule has 182 valence electrons. The SMILES string of the molecule is CCOC(=O)C1C2=CC(OC)=C(C3=C(C)ON[C@H]3C)CC2(C)NC1N=C(N)C1CCOCC1. The van der Waals surface area contributed by atoms with Crippen molar-refractivity contribution in [1.82, 2.24) is 10.8 Å². The van der Waals surface area contributed by atoms with Crippen LogP contribution in [0.25, 0.3) is 0 Å². The van der Waals surface area contributed by atoms with Crippen molar-refractivity contribution >= 4 is 11.8 Å². The zero-order chi connectivity index (χ0) is 23.8. The zero-order valence-electron chi connectivity index (χ0n) is 20.2. The summed E-state index contributed by atoms with van der Waals surface area (Å²) in [5.74, 6) is 1.40. The first-order valence-electron chi connectivity index (χ1n) is 11.8. The number of allylic oxidation sites excluding steroid dienone is 2. The van der Waals surface area contributed by atoms with E-state index in [0.717, 1.165) is 41.1 Å². The molecule has 4 rings (SSSR count). The third-order valence-corrected chi connectivity index (χ3v) is 7.08. The van der Waals surface area contributed by atoms with Crippen LogP contribution in [0.3, 0.4) is 0 Å². The molecule has 33 heavy (non-hydrogen) atoms. The van der Waals surface area contributed by atoms with Crippen molar-refractivity contribution in [2.45, 2.75) is 64.7 Å². The second-order valence-electron chi connectivity index (χ2n) is 9.33. The number of hydroxylamine groups is 1. The van der Waals surface area contributed by atoms with Crippen LogP contribution in [-0.4, -0.2) is 56.5 Å². The molecule has 4 atom stereocenters. The molecule has 1 aliphatic carbocycles. The minimum absolute atomic E-state index is 0.0314. The quantitative estimate of drug-likeness (QED) is 0.313. The van der Waals surface area contributed by atoms with Crippen molar-refractivity contribution in [2.75, 3.05) is 26.9 Å². The maximum atomic E-state index is 13.1. The summed E-state index contributed by atoms with van der Waals surface area (Å²) in [7, 11) is 1.65. The van der Waals surface area contributed by atoms with Gasteiger partial charge in [-0.1, -0.05) is 0 Å². The number of carbonyl (C=O) groups is 1. The van der Waals surface area contributed by atoms with Gasteiger partial charge in [-0.05, 0) is 58.6 Å². The van der Waals surface area contributed by atoms with Gasteiger partial charge < -0.3 is 24.8 Å². The number of rotatable bonds is 6. The molecule has 2 fully saturated rings. The van der Waals surface area contributed by atoms with Gasteiger partial charge in [-0.15, -0.1) is 5.48 Å². The van der Waals surface area contributed by atoms with E-state index >= 15 is 0 Å². The monoisotopic (exact) mass is 460 g/mol. The van der Waals surface area contributed by atoms with Crippen molar-refractivity contribution in [3.63, 3.8) is 0 Å². The lowest BCUT2D eigenvalue weighted by molar-refractivity contribution is -0.146. The van der Waals surface area contributed by atoms with Crippen LogP contribution in [0.5, 0.6) is 0 Å². The Morgan fingerprint density at radius 3 is 2.70 bits per heavy atom. The Morgan fingerprint density at radius 1 is 1.36 bits per heavy atom. The summed E-state index contributed by atoms with van der Waals surface area (Å²) >= 11 is 0. The molecule has 0 aromatic carbocycles. The first kappa shape index (κ1) is 23.8. The molecule has 0 aromatic heterocycles. The van der Waals surface area contributed by atoms with Gasteiger partial charge in [0, 0.05) is 35.8 Å². The van der Waals surface area contributed by atoms with Crippen LogP contribution in [0.2, 0.25) is 0 Å². The highest BCUT2D eigenvalue weighted by Crippen LogP contribution is 2.47. The van der Waals surface area contributed by atoms with E-state index in [4.69, 9.17) is 29.8 Å². The number of aliphatic imine (C=N–C) groups is 1. The Balaban J connectivity index is 1.72. The van der Waals surface area contributed by atoms with Crippen LogP contribution in [0.15, 0.2) is 39.3 Å². The molecule has 4 aliphatic rings. The van der Waals surface area contributed by atoms with E-state index in [1.807, 2.05) is 19.9 Å². The fourth-order valence-corrected chi connectivity index (χ4v) is 5.41. The summed E-state index contributed by atoms with van der Waals surface area (Å²) in [5.41, 5.74) is 12.0. The highest BCUT2D eigenvalue weighted by atomic mass is 16.7. The molecule has 4 N–H and O–H groups in total. The Hall–Kier alpha value is -2.36. The number of fused-ring (bicyclic) bond motifs is 1. The molecule has 0 aromatic rings. The maximum Gasteiger partial charge on any atom is 0.316 e. The lowest BCUT2D eigenvalue weighted by atomic mass is 9.75. The average Bonchev–Trinajstić information content (AvgIpc) is 3.27. The van der Waals surface area contributed by atoms with Crippen LogP contribution in [0, 0.1) is 11.8 Å². The summed E-state index contributed by atoms with van der Waals surface area (Å²) in [6, 6.07) is 0.0314. The van der Waals surface area contributed by atoms with E-state index in [9.17, 15) is 4.79 Å². The summed E-state index contributed by atoms with van der Waals surface area (Å²) in [6.45, 7) is 9.56. The summed E-state index contributed by atoms with van der Waals surface area (Å²) < 4.78 is 16.7. The molecule has 0 saturated carbocycles. The van der Waals surface area contributed by atoms with Crippen LogP contribution in [-0.2, 0) is 23.8 Å². The van der Waals surface area contributed by atoms with Gasteiger partial charge in [0.2, 0.25) is 0 Å². The topological polar surface area (TPSA) is 116 Å². The molecule has 9 heteroatoms. The van der Waals surface area contributed by atoms with Gasteiger partial charge in [-0.2, -0.15) is 0 Å². The minimum Gasteiger partial charge on any atom is -0.496 e. The van der Waals surface area contributed by atoms with Crippen LogP contribution in [0.4, 0.5) is 0 Å². The number of esters is 1. The second kappa shape index (κ2) is 9.48. The van der Waals surface area contributed by atoms with E-state index in [-0.39, 0.29) is 17.9 Å². The third-order valence-electron chi connectivity index (χ3n) is 7.08. The maximum absolute atomic E-state index is 13.1. The molecule has 0 bridgehead atoms. The second-order valence-corrected chi connectivity index (χ2v) is 9.33. The van der Waals surface area contributed by atoms with Gasteiger partial charge in [0.05, 0.1) is 25.6 Å². The summed E-state index contributed by atoms with van der Waals surface area (Å²) in [5, 5.41) is 3.62. The zero-order valence-corrected chi connectivity index (χ0v) is 20.2. The van der Waals surface area contributed by atoms with Gasteiger partial charge in [0.25, 0.3) is 0 Å². The molecule has 3 unspecified atom stereocenters. The predicted molar refractivity (Wildman–Crippen MR) is 124 cm³/mol. The standard InChI is InChI=1S/C24H36N4O5/c1-6-32-23(29)20-17-11-18(30-5)16(19-13(2)28-33-14(19)3)12-24(17,4)27-22(20)26-21(25)15-7-9-31-10-8-15/h11,13,15,20,22,27-28H,6-10,12H2,1-5H3,(H2,25,26)/t13-,20?,22?,24?/m0/s1. The highest BCUT2D eigenvalue weighted by Gasteiger charge is 2.53. The predicted octanol–water partition coefficient (Wildman–Crippen LogP) is 2.07. The van der Waals surface area contributed by atoms with E-state index in [0.29, 0.717) is 32.1 Å². The molecular formula is C24H36N4O5. The number of nitrogens with two attached hydrogens (primary N) is 1. The lowest BCUT2D eigenvalue weighted by Gasteiger charge is -2.34. The van der Waals surface area contributed by atoms with E-state index in [1.54, 1.807) is 7.11 Å². The fraction of sp³-hybridized carbons (Fsp3) is 0.667. The fourth-order valence-electron chi connectivity index (χ4n) is 5.41. The minimum atomic E-state index is -0.578. The number of hydrogen-bond donors (Lipinski definition) is 3. The van der Waals surface area contributed by atoms with Crippen molar-refractivity contribution in [3.8, 4) is 0 Å². The number of methoxy groups -OCH3 is 1. The first-order chi connectivity index (χ1) is 15.8. The van der Waals surface area contributed by atoms with E-state index < -0.39 is 17.6 Å². The number of nitrogens with zero attached hydrogens (tertiary/aromatic N) is 1. The Labute approximate surface area is 195 Å². The summed E-state index contributed by atoms with van der Waals surface area (Å²) in [4.78, 5) is 23.5. The van der Waals surface area contributed by atoms with Gasteiger partial charge in [0.1, 0.15) is 23.6 Å². The summed E-state index contributed by atoms with van der Waals surface area (Å²) in [6.07, 6.45) is 3.77. The molecular weight excluding hydrogens is 424 g/mol. The van der Waals surface area contributed by atoms with Gasteiger partial charge in [0.15, 0.2) is 0 Å². The number of amidine groups is 1. The smallest absolute Gasteiger partial charge is 0.316 e.